The van der Waals surface area contributed by atoms with Gasteiger partial charge in [0, 0.05) is 49.5 Å². The monoisotopic (exact) mass is 663 g/mol. The minimum absolute atomic E-state index is 0.00433. The summed E-state index contributed by atoms with van der Waals surface area (Å²) in [5.41, 5.74) is 9.73. The van der Waals surface area contributed by atoms with Crippen LogP contribution in [0.3, 0.4) is 0 Å². The quantitative estimate of drug-likeness (QED) is 0.207. The van der Waals surface area contributed by atoms with Crippen LogP contribution in [-0.4, -0.2) is 65.1 Å². The molecule has 2 aliphatic heterocycles. The van der Waals surface area contributed by atoms with Crippen LogP contribution in [0.15, 0.2) is 66.2 Å². The average Bonchev–Trinajstić information content (AvgIpc) is 3.82. The van der Waals surface area contributed by atoms with Gasteiger partial charge >= 0.3 is 5.97 Å². The lowest BCUT2D eigenvalue weighted by atomic mass is 9.82. The maximum atomic E-state index is 14.4. The van der Waals surface area contributed by atoms with Crippen LogP contribution >= 0.6 is 0 Å². The number of fused-ring (bicyclic) bond motifs is 2. The SMILES string of the molecule is Cc1cc(C)c(C)c(OCCc2ccc(C3=C(C(=O)NC4(Cc5ccccc5C)CC4)[C@H]4CN(C(=O)CCCC(=O)O)C[C@@H](C3)N4)cc2)c1. The van der Waals surface area contributed by atoms with Gasteiger partial charge in [-0.05, 0) is 110 Å². The highest BCUT2D eigenvalue weighted by Gasteiger charge is 2.47. The molecule has 0 radical (unpaired) electrons. The molecule has 2 amide bonds. The van der Waals surface area contributed by atoms with Crippen molar-refractivity contribution >= 4 is 23.4 Å². The van der Waals surface area contributed by atoms with E-state index in [1.807, 2.05) is 11.0 Å². The minimum atomic E-state index is -0.897. The van der Waals surface area contributed by atoms with Gasteiger partial charge in [-0.1, -0.05) is 54.6 Å². The molecule has 8 nitrogen and oxygen atoms in total. The summed E-state index contributed by atoms with van der Waals surface area (Å²) in [7, 11) is 0. The molecule has 258 valence electrons. The first-order chi connectivity index (χ1) is 23.5. The number of nitrogens with one attached hydrogen (secondary N) is 2. The standard InChI is InChI=1S/C41H49N3O5/c1-26-20-28(3)29(4)36(21-26)49-19-16-30-12-14-31(15-13-30)34-22-33-24-44(37(45)10-7-11-38(46)47)25-35(42-33)39(34)40(48)43-41(17-18-41)23-32-9-6-5-8-27(32)2/h5-6,8-9,12-15,20-21,33,35,42H,7,10-11,16-19,22-25H2,1-4H3,(H,43,48)(H,46,47)/t33-,35-/m1/s1. The zero-order valence-corrected chi connectivity index (χ0v) is 29.2. The second-order valence-corrected chi connectivity index (χ2v) is 14.4. The molecule has 0 aromatic heterocycles. The highest BCUT2D eigenvalue weighted by atomic mass is 16.5. The number of hydrogen-bond donors (Lipinski definition) is 3. The van der Waals surface area contributed by atoms with Crippen molar-refractivity contribution < 1.29 is 24.2 Å². The van der Waals surface area contributed by atoms with Crippen molar-refractivity contribution in [3.63, 3.8) is 0 Å². The number of aryl methyl sites for hydroxylation is 3. The number of hydrogen-bond acceptors (Lipinski definition) is 5. The molecule has 2 fully saturated rings. The number of rotatable bonds is 13. The largest absolute Gasteiger partial charge is 0.493 e. The fourth-order valence-electron chi connectivity index (χ4n) is 7.42. The second kappa shape index (κ2) is 14.6. The summed E-state index contributed by atoms with van der Waals surface area (Å²) in [6.45, 7) is 9.90. The molecule has 1 aliphatic carbocycles. The van der Waals surface area contributed by atoms with Gasteiger partial charge in [-0.15, -0.1) is 0 Å². The lowest BCUT2D eigenvalue weighted by molar-refractivity contribution is -0.137. The van der Waals surface area contributed by atoms with E-state index in [0.29, 0.717) is 38.1 Å². The van der Waals surface area contributed by atoms with E-state index in [1.54, 1.807) is 0 Å². The lowest BCUT2D eigenvalue weighted by Gasteiger charge is -2.44. The number of piperazine rings is 1. The van der Waals surface area contributed by atoms with E-state index in [9.17, 15) is 14.4 Å². The van der Waals surface area contributed by atoms with Crippen LogP contribution in [0.2, 0.25) is 0 Å². The van der Waals surface area contributed by atoms with E-state index >= 15 is 0 Å². The van der Waals surface area contributed by atoms with Crippen LogP contribution in [0, 0.1) is 27.7 Å². The van der Waals surface area contributed by atoms with Gasteiger partial charge in [0.2, 0.25) is 11.8 Å². The smallest absolute Gasteiger partial charge is 0.303 e. The maximum absolute atomic E-state index is 14.4. The Balaban J connectivity index is 1.21. The van der Waals surface area contributed by atoms with Gasteiger partial charge in [0.05, 0.1) is 12.6 Å². The number of carboxylic acid groups (broad SMARTS) is 1. The van der Waals surface area contributed by atoms with Crippen molar-refractivity contribution in [1.29, 1.82) is 0 Å². The van der Waals surface area contributed by atoms with Crippen molar-refractivity contribution in [2.45, 2.75) is 96.7 Å². The van der Waals surface area contributed by atoms with Gasteiger partial charge in [-0.25, -0.2) is 0 Å². The number of nitrogens with zero attached hydrogens (tertiary/aromatic N) is 1. The molecular weight excluding hydrogens is 614 g/mol. The average molecular weight is 664 g/mol. The molecule has 3 aliphatic rings. The first-order valence-corrected chi connectivity index (χ1v) is 17.7. The minimum Gasteiger partial charge on any atom is -0.493 e. The number of amides is 2. The van der Waals surface area contributed by atoms with E-state index in [0.717, 1.165) is 42.6 Å². The molecule has 49 heavy (non-hydrogen) atoms. The summed E-state index contributed by atoms with van der Waals surface area (Å²) in [6.07, 6.45) is 4.53. The zero-order chi connectivity index (χ0) is 34.7. The Kier molecular flexibility index (Phi) is 10.3. The van der Waals surface area contributed by atoms with Gasteiger partial charge in [0.25, 0.3) is 0 Å². The summed E-state index contributed by atoms with van der Waals surface area (Å²) in [5.74, 6) is -0.0899. The summed E-state index contributed by atoms with van der Waals surface area (Å²) in [5, 5.41) is 16.2. The topological polar surface area (TPSA) is 108 Å². The van der Waals surface area contributed by atoms with Gasteiger partial charge in [-0.2, -0.15) is 0 Å². The number of carbonyl (C=O) groups is 3. The molecule has 0 spiro atoms. The molecule has 2 bridgehead atoms. The molecule has 2 heterocycles. The fraction of sp³-hybridized carbons (Fsp3) is 0.439. The molecule has 0 unspecified atom stereocenters. The van der Waals surface area contributed by atoms with Crippen molar-refractivity contribution in [3.05, 3.63) is 105 Å². The molecule has 2 atom stereocenters. The summed E-state index contributed by atoms with van der Waals surface area (Å²) in [6, 6.07) is 20.8. The first kappa shape index (κ1) is 34.4. The highest BCUT2D eigenvalue weighted by Crippen LogP contribution is 2.41. The van der Waals surface area contributed by atoms with Gasteiger partial charge in [-0.3, -0.25) is 14.4 Å². The zero-order valence-electron chi connectivity index (χ0n) is 29.2. The maximum Gasteiger partial charge on any atom is 0.303 e. The molecule has 6 rings (SSSR count). The van der Waals surface area contributed by atoms with E-state index in [2.05, 4.69) is 92.9 Å². The van der Waals surface area contributed by atoms with Crippen LogP contribution in [0.4, 0.5) is 0 Å². The van der Waals surface area contributed by atoms with E-state index < -0.39 is 5.97 Å². The third-order valence-corrected chi connectivity index (χ3v) is 10.5. The molecule has 3 aromatic rings. The summed E-state index contributed by atoms with van der Waals surface area (Å²) >= 11 is 0. The molecule has 8 heteroatoms. The van der Waals surface area contributed by atoms with Crippen LogP contribution < -0.4 is 15.4 Å². The van der Waals surface area contributed by atoms with Crippen LogP contribution in [-0.2, 0) is 27.2 Å². The van der Waals surface area contributed by atoms with Crippen molar-refractivity contribution in [2.24, 2.45) is 0 Å². The first-order valence-electron chi connectivity index (χ1n) is 17.7. The van der Waals surface area contributed by atoms with Crippen LogP contribution in [0.1, 0.15) is 77.5 Å². The molecule has 1 saturated carbocycles. The number of carboxylic acids is 1. The Morgan fingerprint density at radius 1 is 0.959 bits per heavy atom. The Labute approximate surface area is 289 Å². The van der Waals surface area contributed by atoms with Crippen molar-refractivity contribution in [2.75, 3.05) is 19.7 Å². The number of carbonyl (C=O) groups excluding carboxylic acids is 2. The van der Waals surface area contributed by atoms with Crippen molar-refractivity contribution in [3.8, 4) is 5.75 Å². The van der Waals surface area contributed by atoms with E-state index in [1.165, 1.54) is 33.4 Å². The molecule has 3 N–H and O–H groups in total. The molecule has 3 aromatic carbocycles. The third kappa shape index (κ3) is 8.24. The van der Waals surface area contributed by atoms with Gasteiger partial charge in [0.15, 0.2) is 0 Å². The number of aliphatic carboxylic acids is 1. The van der Waals surface area contributed by atoms with Crippen LogP contribution in [0.5, 0.6) is 5.75 Å². The van der Waals surface area contributed by atoms with Gasteiger partial charge in [0.1, 0.15) is 5.75 Å². The Hall–Kier alpha value is -4.43. The highest BCUT2D eigenvalue weighted by molar-refractivity contribution is 6.03. The van der Waals surface area contributed by atoms with Crippen molar-refractivity contribution in [1.82, 2.24) is 15.5 Å². The normalized spacial score (nSPS) is 19.4. The van der Waals surface area contributed by atoms with E-state index in [-0.39, 0.29) is 42.3 Å². The lowest BCUT2D eigenvalue weighted by Crippen LogP contribution is -2.62. The summed E-state index contributed by atoms with van der Waals surface area (Å²) < 4.78 is 6.18. The molecular formula is C41H49N3O5. The Morgan fingerprint density at radius 3 is 2.43 bits per heavy atom. The molecule has 1 saturated heterocycles. The predicted molar refractivity (Wildman–Crippen MR) is 192 cm³/mol. The number of ether oxygens (including phenoxy) is 1. The second-order valence-electron chi connectivity index (χ2n) is 14.4. The number of benzene rings is 3. The van der Waals surface area contributed by atoms with Gasteiger partial charge < -0.3 is 25.4 Å². The summed E-state index contributed by atoms with van der Waals surface area (Å²) in [4.78, 5) is 40.4. The fourth-order valence-corrected chi connectivity index (χ4v) is 7.42. The predicted octanol–water partition coefficient (Wildman–Crippen LogP) is 6.01. The van der Waals surface area contributed by atoms with E-state index in [4.69, 9.17) is 9.84 Å². The van der Waals surface area contributed by atoms with Crippen LogP contribution in [0.25, 0.3) is 5.57 Å². The third-order valence-electron chi connectivity index (χ3n) is 10.5. The Morgan fingerprint density at radius 2 is 1.71 bits per heavy atom. The Bertz CT molecular complexity index is 1760.